The van der Waals surface area contributed by atoms with Crippen LogP contribution in [0.5, 0.6) is 0 Å². The molecule has 1 rings (SSSR count). The molecule has 0 aliphatic carbocycles. The van der Waals surface area contributed by atoms with E-state index in [1.807, 2.05) is 26.0 Å². The van der Waals surface area contributed by atoms with E-state index in [-0.39, 0.29) is 12.5 Å². The summed E-state index contributed by atoms with van der Waals surface area (Å²) in [4.78, 5) is 24.6. The predicted molar refractivity (Wildman–Crippen MR) is 86.4 cm³/mol. The average molecular weight is 309 g/mol. The van der Waals surface area contributed by atoms with Crippen LogP contribution in [0.15, 0.2) is 24.3 Å². The van der Waals surface area contributed by atoms with Gasteiger partial charge in [0.2, 0.25) is 5.91 Å². The lowest BCUT2D eigenvalue weighted by Gasteiger charge is -2.22. The second-order valence-corrected chi connectivity index (χ2v) is 6.14. The minimum Gasteiger partial charge on any atom is -0.481 e. The molecule has 0 fully saturated rings. The second kappa shape index (κ2) is 8.72. The molecule has 5 heteroatoms. The van der Waals surface area contributed by atoms with Crippen LogP contribution in [-0.2, 0) is 15.3 Å². The summed E-state index contributed by atoms with van der Waals surface area (Å²) in [6.07, 6.45) is 0. The Kier molecular flexibility index (Phi) is 7.29. The summed E-state index contributed by atoms with van der Waals surface area (Å²) in [6, 6.07) is 8.22. The van der Waals surface area contributed by atoms with Crippen LogP contribution in [0.2, 0.25) is 0 Å². The van der Waals surface area contributed by atoms with Crippen molar-refractivity contribution in [3.8, 4) is 0 Å². The first kappa shape index (κ1) is 17.6. The van der Waals surface area contributed by atoms with Gasteiger partial charge in [0.1, 0.15) is 0 Å². The maximum atomic E-state index is 12.1. The number of carbonyl (C=O) groups excluding carboxylic acids is 1. The number of carbonyl (C=O) groups is 2. The van der Waals surface area contributed by atoms with Gasteiger partial charge in [0.25, 0.3) is 0 Å². The Morgan fingerprint density at radius 1 is 1.38 bits per heavy atom. The molecule has 0 aliphatic rings. The van der Waals surface area contributed by atoms with E-state index in [0.29, 0.717) is 12.3 Å². The number of aryl methyl sites for hydroxylation is 1. The number of aliphatic carboxylic acids is 1. The van der Waals surface area contributed by atoms with E-state index in [2.05, 4.69) is 12.1 Å². The maximum absolute atomic E-state index is 12.1. The van der Waals surface area contributed by atoms with Crippen LogP contribution in [0.4, 0.5) is 0 Å². The van der Waals surface area contributed by atoms with Crippen LogP contribution in [0.25, 0.3) is 0 Å². The number of carboxylic acid groups (broad SMARTS) is 1. The zero-order valence-electron chi connectivity index (χ0n) is 12.8. The Labute approximate surface area is 130 Å². The topological polar surface area (TPSA) is 57.6 Å². The third-order valence-electron chi connectivity index (χ3n) is 3.23. The molecule has 21 heavy (non-hydrogen) atoms. The summed E-state index contributed by atoms with van der Waals surface area (Å²) in [7, 11) is 0. The van der Waals surface area contributed by atoms with Gasteiger partial charge in [0.05, 0.1) is 11.7 Å². The highest BCUT2D eigenvalue weighted by Gasteiger charge is 2.19. The summed E-state index contributed by atoms with van der Waals surface area (Å²) in [5.74, 6) is -0.222. The highest BCUT2D eigenvalue weighted by Crippen LogP contribution is 2.14. The summed E-state index contributed by atoms with van der Waals surface area (Å²) >= 11 is 1.56. The van der Waals surface area contributed by atoms with Crippen LogP contribution in [0.1, 0.15) is 25.0 Å². The third kappa shape index (κ3) is 6.21. The Balaban J connectivity index is 2.42. The summed E-state index contributed by atoms with van der Waals surface area (Å²) in [5, 5.41) is 8.92. The molecule has 1 aromatic rings. The molecule has 1 unspecified atom stereocenters. The number of amides is 1. The van der Waals surface area contributed by atoms with Crippen LogP contribution in [-0.4, -0.2) is 40.7 Å². The van der Waals surface area contributed by atoms with E-state index >= 15 is 0 Å². The molecule has 4 nitrogen and oxygen atoms in total. The van der Waals surface area contributed by atoms with Crippen LogP contribution in [0.3, 0.4) is 0 Å². The first-order valence-corrected chi connectivity index (χ1v) is 8.23. The Morgan fingerprint density at radius 3 is 2.67 bits per heavy atom. The Bertz CT molecular complexity index is 490. The van der Waals surface area contributed by atoms with Crippen molar-refractivity contribution in [3.05, 3.63) is 35.4 Å². The first-order chi connectivity index (χ1) is 9.93. The van der Waals surface area contributed by atoms with E-state index in [1.165, 1.54) is 11.1 Å². The normalized spacial score (nSPS) is 12.0. The number of hydrogen-bond donors (Lipinski definition) is 1. The predicted octanol–water partition coefficient (Wildman–Crippen LogP) is 2.80. The minimum absolute atomic E-state index is 0.00301. The van der Waals surface area contributed by atoms with Gasteiger partial charge in [-0.05, 0) is 19.4 Å². The molecule has 0 bridgehead atoms. The smallest absolute Gasteiger partial charge is 0.308 e. The standard InChI is InChI=1S/C16H23NO3S/c1-4-17(9-13(3)16(19)20)15(18)11-21-10-14-7-5-6-12(2)8-14/h5-8,13H,4,9-11H2,1-3H3,(H,19,20). The summed E-state index contributed by atoms with van der Waals surface area (Å²) in [5.41, 5.74) is 2.42. The van der Waals surface area contributed by atoms with Gasteiger partial charge in [0, 0.05) is 18.8 Å². The molecule has 0 aliphatic heterocycles. The first-order valence-electron chi connectivity index (χ1n) is 7.08. The van der Waals surface area contributed by atoms with Crippen molar-refractivity contribution >= 4 is 23.6 Å². The number of carboxylic acids is 1. The third-order valence-corrected chi connectivity index (χ3v) is 4.22. The lowest BCUT2D eigenvalue weighted by molar-refractivity contribution is -0.142. The van der Waals surface area contributed by atoms with Gasteiger partial charge in [0.15, 0.2) is 0 Å². The monoisotopic (exact) mass is 309 g/mol. The largest absolute Gasteiger partial charge is 0.481 e. The fourth-order valence-corrected chi connectivity index (χ4v) is 2.84. The number of thioether (sulfide) groups is 1. The van der Waals surface area contributed by atoms with E-state index in [1.54, 1.807) is 23.6 Å². The van der Waals surface area contributed by atoms with E-state index in [4.69, 9.17) is 5.11 Å². The van der Waals surface area contributed by atoms with Gasteiger partial charge in [-0.3, -0.25) is 9.59 Å². The van der Waals surface area contributed by atoms with Gasteiger partial charge in [-0.15, -0.1) is 11.8 Å². The van der Waals surface area contributed by atoms with Gasteiger partial charge in [-0.1, -0.05) is 36.8 Å². The molecular formula is C16H23NO3S. The highest BCUT2D eigenvalue weighted by molar-refractivity contribution is 7.99. The molecular weight excluding hydrogens is 286 g/mol. The molecule has 1 aromatic carbocycles. The SMILES string of the molecule is CCN(CC(C)C(=O)O)C(=O)CSCc1cccc(C)c1. The van der Waals surface area contributed by atoms with Crippen molar-refractivity contribution in [2.24, 2.45) is 5.92 Å². The molecule has 1 amide bonds. The highest BCUT2D eigenvalue weighted by atomic mass is 32.2. The van der Waals surface area contributed by atoms with Crippen molar-refractivity contribution in [2.75, 3.05) is 18.8 Å². The lowest BCUT2D eigenvalue weighted by Crippen LogP contribution is -2.37. The molecule has 0 heterocycles. The van der Waals surface area contributed by atoms with Crippen molar-refractivity contribution < 1.29 is 14.7 Å². The number of benzene rings is 1. The molecule has 1 N–H and O–H groups in total. The number of nitrogens with zero attached hydrogens (tertiary/aromatic N) is 1. The fraction of sp³-hybridized carbons (Fsp3) is 0.500. The zero-order valence-corrected chi connectivity index (χ0v) is 13.7. The van der Waals surface area contributed by atoms with Crippen molar-refractivity contribution in [2.45, 2.75) is 26.5 Å². The van der Waals surface area contributed by atoms with E-state index in [9.17, 15) is 9.59 Å². The summed E-state index contributed by atoms with van der Waals surface area (Å²) < 4.78 is 0. The van der Waals surface area contributed by atoms with E-state index < -0.39 is 11.9 Å². The Morgan fingerprint density at radius 2 is 2.10 bits per heavy atom. The van der Waals surface area contributed by atoms with Crippen molar-refractivity contribution in [1.29, 1.82) is 0 Å². The zero-order chi connectivity index (χ0) is 15.8. The van der Waals surface area contributed by atoms with Crippen LogP contribution in [0, 0.1) is 12.8 Å². The number of hydrogen-bond acceptors (Lipinski definition) is 3. The maximum Gasteiger partial charge on any atom is 0.308 e. The number of rotatable bonds is 8. The fourth-order valence-electron chi connectivity index (χ4n) is 1.97. The van der Waals surface area contributed by atoms with Gasteiger partial charge < -0.3 is 10.0 Å². The van der Waals surface area contributed by atoms with Crippen LogP contribution >= 0.6 is 11.8 Å². The summed E-state index contributed by atoms with van der Waals surface area (Å²) in [6.45, 7) is 6.36. The van der Waals surface area contributed by atoms with E-state index in [0.717, 1.165) is 5.75 Å². The molecule has 1 atom stereocenters. The van der Waals surface area contributed by atoms with Crippen LogP contribution < -0.4 is 0 Å². The van der Waals surface area contributed by atoms with Crippen molar-refractivity contribution in [1.82, 2.24) is 4.90 Å². The van der Waals surface area contributed by atoms with Gasteiger partial charge in [-0.25, -0.2) is 0 Å². The minimum atomic E-state index is -0.867. The molecule has 116 valence electrons. The van der Waals surface area contributed by atoms with Gasteiger partial charge in [-0.2, -0.15) is 0 Å². The molecule has 0 saturated heterocycles. The molecule has 0 spiro atoms. The molecule has 0 radical (unpaired) electrons. The molecule has 0 aromatic heterocycles. The second-order valence-electron chi connectivity index (χ2n) is 5.15. The van der Waals surface area contributed by atoms with Gasteiger partial charge >= 0.3 is 5.97 Å². The average Bonchev–Trinajstić information content (AvgIpc) is 2.44. The quantitative estimate of drug-likeness (QED) is 0.802. The Hall–Kier alpha value is -1.49. The lowest BCUT2D eigenvalue weighted by atomic mass is 10.2. The molecule has 0 saturated carbocycles. The van der Waals surface area contributed by atoms with Crippen molar-refractivity contribution in [3.63, 3.8) is 0 Å².